The highest BCUT2D eigenvalue weighted by Gasteiger charge is 2.18. The predicted molar refractivity (Wildman–Crippen MR) is 123 cm³/mol. The molecule has 0 aliphatic rings. The third kappa shape index (κ3) is 6.07. The minimum atomic E-state index is -0.438. The van der Waals surface area contributed by atoms with Crippen LogP contribution in [0.25, 0.3) is 0 Å². The van der Waals surface area contributed by atoms with E-state index in [0.29, 0.717) is 26.7 Å². The lowest BCUT2D eigenvalue weighted by atomic mass is 10.1. The molecule has 2 aromatic heterocycles. The number of hydrogen-bond acceptors (Lipinski definition) is 9. The predicted octanol–water partition coefficient (Wildman–Crippen LogP) is 3.68. The lowest BCUT2D eigenvalue weighted by molar-refractivity contribution is -0.113. The van der Waals surface area contributed by atoms with Gasteiger partial charge in [0.1, 0.15) is 17.2 Å². The Hall–Kier alpha value is -2.92. The highest BCUT2D eigenvalue weighted by molar-refractivity contribution is 7.99. The maximum absolute atomic E-state index is 12.3. The van der Waals surface area contributed by atoms with Crippen LogP contribution in [-0.2, 0) is 23.2 Å². The number of rotatable bonds is 9. The molecule has 0 spiro atoms. The Labute approximate surface area is 194 Å². The van der Waals surface area contributed by atoms with Gasteiger partial charge in [-0.2, -0.15) is 0 Å². The van der Waals surface area contributed by atoms with Gasteiger partial charge in [-0.05, 0) is 51.0 Å². The van der Waals surface area contributed by atoms with Gasteiger partial charge in [-0.25, -0.2) is 9.78 Å². The van der Waals surface area contributed by atoms with Gasteiger partial charge in [0.25, 0.3) is 0 Å². The Bertz CT molecular complexity index is 1110. The van der Waals surface area contributed by atoms with E-state index in [4.69, 9.17) is 9.47 Å². The first kappa shape index (κ1) is 23.7. The molecule has 0 saturated carbocycles. The van der Waals surface area contributed by atoms with E-state index in [1.165, 1.54) is 11.8 Å². The number of amides is 1. The van der Waals surface area contributed by atoms with Gasteiger partial charge >= 0.3 is 5.97 Å². The van der Waals surface area contributed by atoms with Crippen LogP contribution >= 0.6 is 23.1 Å². The number of hydrogen-bond donors (Lipinski definition) is 1. The van der Waals surface area contributed by atoms with Crippen molar-refractivity contribution in [1.29, 1.82) is 0 Å². The molecule has 0 radical (unpaired) electrons. The molecule has 3 rings (SSSR count). The molecular formula is C21H25N5O4S2. The van der Waals surface area contributed by atoms with Crippen LogP contribution in [0.3, 0.4) is 0 Å². The second-order valence-electron chi connectivity index (χ2n) is 7.06. The number of aromatic nitrogens is 4. The molecule has 32 heavy (non-hydrogen) atoms. The summed E-state index contributed by atoms with van der Waals surface area (Å²) in [5, 5.41) is 12.0. The van der Waals surface area contributed by atoms with Crippen LogP contribution in [0.4, 0.5) is 5.13 Å². The molecule has 0 fully saturated rings. The molecule has 9 nitrogen and oxygen atoms in total. The van der Waals surface area contributed by atoms with Crippen LogP contribution in [0.5, 0.6) is 5.75 Å². The van der Waals surface area contributed by atoms with E-state index in [1.54, 1.807) is 18.4 Å². The molecule has 1 aromatic carbocycles. The van der Waals surface area contributed by atoms with Gasteiger partial charge in [-0.3, -0.25) is 4.79 Å². The third-order valence-electron chi connectivity index (χ3n) is 4.32. The van der Waals surface area contributed by atoms with Crippen molar-refractivity contribution in [2.75, 3.05) is 17.7 Å². The SMILES string of the molecule is CCOC(=O)c1sc(NC(=O)CSc2nnc(COc3cc(C)cc(C)c3)n2C)nc1C. The summed E-state index contributed by atoms with van der Waals surface area (Å²) in [6.07, 6.45) is 0. The molecule has 11 heteroatoms. The second kappa shape index (κ2) is 10.6. The fourth-order valence-electron chi connectivity index (χ4n) is 2.88. The Kier molecular flexibility index (Phi) is 7.86. The van der Waals surface area contributed by atoms with Crippen LogP contribution < -0.4 is 10.1 Å². The van der Waals surface area contributed by atoms with Crippen molar-refractivity contribution in [3.63, 3.8) is 0 Å². The first-order chi connectivity index (χ1) is 15.3. The Morgan fingerprint density at radius 1 is 1.16 bits per heavy atom. The van der Waals surface area contributed by atoms with Crippen molar-refractivity contribution in [1.82, 2.24) is 19.7 Å². The minimum absolute atomic E-state index is 0.122. The van der Waals surface area contributed by atoms with Gasteiger partial charge in [0.15, 0.2) is 16.1 Å². The highest BCUT2D eigenvalue weighted by Crippen LogP contribution is 2.24. The van der Waals surface area contributed by atoms with Gasteiger partial charge in [0.2, 0.25) is 5.91 Å². The zero-order chi connectivity index (χ0) is 23.3. The number of ether oxygens (including phenoxy) is 2. The fraction of sp³-hybridized carbons (Fsp3) is 0.381. The maximum atomic E-state index is 12.3. The number of aryl methyl sites for hydroxylation is 3. The normalized spacial score (nSPS) is 10.8. The van der Waals surface area contributed by atoms with E-state index in [9.17, 15) is 9.59 Å². The zero-order valence-corrected chi connectivity index (χ0v) is 20.2. The molecule has 2 heterocycles. The van der Waals surface area contributed by atoms with E-state index >= 15 is 0 Å². The molecule has 3 aromatic rings. The average molecular weight is 476 g/mol. The van der Waals surface area contributed by atoms with Gasteiger partial charge in [-0.15, -0.1) is 10.2 Å². The van der Waals surface area contributed by atoms with Crippen LogP contribution in [-0.4, -0.2) is 44.0 Å². The molecular weight excluding hydrogens is 450 g/mol. The number of nitrogens with zero attached hydrogens (tertiary/aromatic N) is 4. The summed E-state index contributed by atoms with van der Waals surface area (Å²) >= 11 is 2.35. The Morgan fingerprint density at radius 2 is 1.88 bits per heavy atom. The van der Waals surface area contributed by atoms with Gasteiger partial charge in [0, 0.05) is 7.05 Å². The van der Waals surface area contributed by atoms with Crippen molar-refractivity contribution >= 4 is 40.1 Å². The van der Waals surface area contributed by atoms with E-state index in [2.05, 4.69) is 26.6 Å². The largest absolute Gasteiger partial charge is 0.486 e. The van der Waals surface area contributed by atoms with E-state index < -0.39 is 5.97 Å². The number of carbonyl (C=O) groups is 2. The van der Waals surface area contributed by atoms with Crippen molar-refractivity contribution in [2.45, 2.75) is 39.5 Å². The fourth-order valence-corrected chi connectivity index (χ4v) is 4.49. The summed E-state index contributed by atoms with van der Waals surface area (Å²) in [4.78, 5) is 28.8. The molecule has 0 atom stereocenters. The highest BCUT2D eigenvalue weighted by atomic mass is 32.2. The Morgan fingerprint density at radius 3 is 2.56 bits per heavy atom. The summed E-state index contributed by atoms with van der Waals surface area (Å²) in [5.41, 5.74) is 2.79. The number of thiazole rings is 1. The molecule has 0 unspecified atom stereocenters. The third-order valence-corrected chi connectivity index (χ3v) is 6.40. The minimum Gasteiger partial charge on any atom is -0.486 e. The molecule has 1 N–H and O–H groups in total. The number of esters is 1. The molecule has 1 amide bonds. The van der Waals surface area contributed by atoms with Crippen LogP contribution in [0, 0.1) is 20.8 Å². The molecule has 0 saturated heterocycles. The van der Waals surface area contributed by atoms with Crippen LogP contribution in [0.15, 0.2) is 23.4 Å². The monoisotopic (exact) mass is 475 g/mol. The standard InChI is InChI=1S/C21H25N5O4S2/c1-6-29-19(28)18-14(4)22-20(32-18)23-17(27)11-31-21-25-24-16(26(21)5)10-30-15-8-12(2)7-13(3)9-15/h7-9H,6,10-11H2,1-5H3,(H,22,23,27). The molecule has 0 aliphatic carbocycles. The zero-order valence-electron chi connectivity index (χ0n) is 18.6. The summed E-state index contributed by atoms with van der Waals surface area (Å²) in [6.45, 7) is 8.04. The summed E-state index contributed by atoms with van der Waals surface area (Å²) in [5.74, 6) is 0.862. The second-order valence-corrected chi connectivity index (χ2v) is 9.00. The first-order valence-corrected chi connectivity index (χ1v) is 11.7. The van der Waals surface area contributed by atoms with E-state index in [-0.39, 0.29) is 24.9 Å². The molecule has 0 bridgehead atoms. The number of nitrogens with one attached hydrogen (secondary N) is 1. The molecule has 0 aliphatic heterocycles. The first-order valence-electron chi connectivity index (χ1n) is 9.93. The summed E-state index contributed by atoms with van der Waals surface area (Å²) in [7, 11) is 1.83. The van der Waals surface area contributed by atoms with Gasteiger partial charge in [-0.1, -0.05) is 29.2 Å². The number of carbonyl (C=O) groups excluding carboxylic acids is 2. The summed E-state index contributed by atoms with van der Waals surface area (Å²) in [6, 6.07) is 6.02. The van der Waals surface area contributed by atoms with E-state index in [0.717, 1.165) is 28.2 Å². The summed E-state index contributed by atoms with van der Waals surface area (Å²) < 4.78 is 12.6. The lowest BCUT2D eigenvalue weighted by Gasteiger charge is -2.08. The van der Waals surface area contributed by atoms with Crippen molar-refractivity contribution < 1.29 is 19.1 Å². The van der Waals surface area contributed by atoms with Gasteiger partial charge in [0.05, 0.1) is 18.1 Å². The lowest BCUT2D eigenvalue weighted by Crippen LogP contribution is -2.14. The smallest absolute Gasteiger partial charge is 0.350 e. The Balaban J connectivity index is 1.54. The van der Waals surface area contributed by atoms with Crippen molar-refractivity contribution in [3.05, 3.63) is 45.7 Å². The van der Waals surface area contributed by atoms with Crippen LogP contribution in [0.2, 0.25) is 0 Å². The number of benzene rings is 1. The quantitative estimate of drug-likeness (QED) is 0.369. The number of thioether (sulfide) groups is 1. The average Bonchev–Trinajstić information content (AvgIpc) is 3.26. The van der Waals surface area contributed by atoms with Crippen molar-refractivity contribution in [2.24, 2.45) is 7.05 Å². The molecule has 170 valence electrons. The maximum Gasteiger partial charge on any atom is 0.350 e. The van der Waals surface area contributed by atoms with Crippen molar-refractivity contribution in [3.8, 4) is 5.75 Å². The van der Waals surface area contributed by atoms with Crippen LogP contribution in [0.1, 0.15) is 39.2 Å². The van der Waals surface area contributed by atoms with Gasteiger partial charge < -0.3 is 19.4 Å². The topological polar surface area (TPSA) is 108 Å². The van der Waals surface area contributed by atoms with E-state index in [1.807, 2.05) is 33.0 Å². The number of anilines is 1.